The van der Waals surface area contributed by atoms with Gasteiger partial charge in [0.05, 0.1) is 17.8 Å². The first-order chi connectivity index (χ1) is 11.1. The first kappa shape index (κ1) is 15.6. The van der Waals surface area contributed by atoms with E-state index >= 15 is 0 Å². The van der Waals surface area contributed by atoms with Crippen molar-refractivity contribution in [3.63, 3.8) is 0 Å². The second-order valence-corrected chi connectivity index (χ2v) is 6.07. The molecule has 0 aliphatic heterocycles. The Morgan fingerprint density at radius 1 is 1.35 bits per heavy atom. The number of rotatable bonds is 5. The van der Waals surface area contributed by atoms with Crippen LogP contribution >= 0.6 is 0 Å². The molecular formula is C16H21N5O2. The van der Waals surface area contributed by atoms with Gasteiger partial charge in [-0.15, -0.1) is 5.10 Å². The normalized spacial score (nSPS) is 15.9. The minimum atomic E-state index is -0.958. The molecule has 0 saturated heterocycles. The molecule has 1 aliphatic carbocycles. The Morgan fingerprint density at radius 3 is 2.87 bits per heavy atom. The minimum Gasteiger partial charge on any atom is -0.478 e. The molecule has 1 aromatic carbocycles. The van der Waals surface area contributed by atoms with Crippen molar-refractivity contribution in [2.45, 2.75) is 44.7 Å². The predicted octanol–water partition coefficient (Wildman–Crippen LogP) is 2.12. The van der Waals surface area contributed by atoms with E-state index in [1.807, 2.05) is 6.07 Å². The third-order valence-electron chi connectivity index (χ3n) is 4.46. The van der Waals surface area contributed by atoms with Crippen LogP contribution in [0, 0.1) is 0 Å². The quantitative estimate of drug-likeness (QED) is 0.910. The molecule has 7 heteroatoms. The van der Waals surface area contributed by atoms with Crippen LogP contribution in [-0.4, -0.2) is 49.3 Å². The van der Waals surface area contributed by atoms with Gasteiger partial charge >= 0.3 is 5.97 Å². The highest BCUT2D eigenvalue weighted by molar-refractivity contribution is 5.88. The van der Waals surface area contributed by atoms with Gasteiger partial charge in [0, 0.05) is 6.04 Å². The van der Waals surface area contributed by atoms with Crippen molar-refractivity contribution in [3.8, 4) is 5.69 Å². The molecule has 1 fully saturated rings. The third-order valence-corrected chi connectivity index (χ3v) is 4.46. The molecule has 1 aromatic heterocycles. The number of hydrogen-bond acceptors (Lipinski definition) is 5. The van der Waals surface area contributed by atoms with Gasteiger partial charge in [-0.1, -0.05) is 25.3 Å². The molecule has 1 saturated carbocycles. The molecule has 0 spiro atoms. The van der Waals surface area contributed by atoms with Crippen LogP contribution in [-0.2, 0) is 6.54 Å². The molecule has 1 N–H and O–H groups in total. The van der Waals surface area contributed by atoms with Crippen LogP contribution < -0.4 is 0 Å². The smallest absolute Gasteiger partial charge is 0.335 e. The Morgan fingerprint density at radius 2 is 2.13 bits per heavy atom. The monoisotopic (exact) mass is 315 g/mol. The third kappa shape index (κ3) is 3.56. The summed E-state index contributed by atoms with van der Waals surface area (Å²) in [5, 5.41) is 21.0. The largest absolute Gasteiger partial charge is 0.478 e. The summed E-state index contributed by atoms with van der Waals surface area (Å²) >= 11 is 0. The van der Waals surface area contributed by atoms with Gasteiger partial charge in [-0.3, -0.25) is 4.90 Å². The van der Waals surface area contributed by atoms with Crippen LogP contribution in [0.1, 0.15) is 48.3 Å². The van der Waals surface area contributed by atoms with Gasteiger partial charge in [-0.25, -0.2) is 4.79 Å². The number of tetrazole rings is 1. The van der Waals surface area contributed by atoms with Crippen LogP contribution in [0.15, 0.2) is 24.3 Å². The van der Waals surface area contributed by atoms with Gasteiger partial charge in [0.2, 0.25) is 0 Å². The molecule has 23 heavy (non-hydrogen) atoms. The maximum atomic E-state index is 11.1. The van der Waals surface area contributed by atoms with Gasteiger partial charge in [0.25, 0.3) is 0 Å². The number of aromatic carboxylic acids is 1. The molecule has 0 amide bonds. The molecule has 0 atom stereocenters. The molecule has 7 nitrogen and oxygen atoms in total. The zero-order valence-electron chi connectivity index (χ0n) is 13.2. The maximum Gasteiger partial charge on any atom is 0.335 e. The van der Waals surface area contributed by atoms with E-state index in [1.165, 1.54) is 32.1 Å². The highest BCUT2D eigenvalue weighted by atomic mass is 16.4. The van der Waals surface area contributed by atoms with E-state index in [-0.39, 0.29) is 5.56 Å². The Kier molecular flexibility index (Phi) is 4.66. The van der Waals surface area contributed by atoms with Crippen molar-refractivity contribution >= 4 is 5.97 Å². The van der Waals surface area contributed by atoms with Crippen LogP contribution in [0.3, 0.4) is 0 Å². The molecule has 0 bridgehead atoms. The average molecular weight is 315 g/mol. The van der Waals surface area contributed by atoms with Gasteiger partial charge in [0.1, 0.15) is 0 Å². The maximum absolute atomic E-state index is 11.1. The van der Waals surface area contributed by atoms with Gasteiger partial charge in [-0.05, 0) is 48.5 Å². The number of aromatic nitrogens is 4. The van der Waals surface area contributed by atoms with Crippen molar-refractivity contribution in [2.24, 2.45) is 0 Å². The molecule has 0 radical (unpaired) electrons. The summed E-state index contributed by atoms with van der Waals surface area (Å²) in [4.78, 5) is 13.4. The highest BCUT2D eigenvalue weighted by Gasteiger charge is 2.20. The summed E-state index contributed by atoms with van der Waals surface area (Å²) in [7, 11) is 2.10. The van der Waals surface area contributed by atoms with E-state index in [4.69, 9.17) is 5.11 Å². The molecule has 3 rings (SSSR count). The Balaban J connectivity index is 1.79. The van der Waals surface area contributed by atoms with Crippen molar-refractivity contribution in [1.82, 2.24) is 25.1 Å². The lowest BCUT2D eigenvalue weighted by Gasteiger charge is -2.30. The van der Waals surface area contributed by atoms with Crippen LogP contribution in [0.4, 0.5) is 0 Å². The second-order valence-electron chi connectivity index (χ2n) is 6.07. The van der Waals surface area contributed by atoms with Crippen LogP contribution in [0.25, 0.3) is 5.69 Å². The van der Waals surface area contributed by atoms with Gasteiger partial charge in [0.15, 0.2) is 5.82 Å². The number of carboxylic acid groups (broad SMARTS) is 1. The summed E-state index contributed by atoms with van der Waals surface area (Å²) < 4.78 is 1.62. The van der Waals surface area contributed by atoms with Gasteiger partial charge < -0.3 is 5.11 Å². The lowest BCUT2D eigenvalue weighted by molar-refractivity contribution is 0.0697. The number of carboxylic acids is 1. The van der Waals surface area contributed by atoms with E-state index in [2.05, 4.69) is 27.5 Å². The van der Waals surface area contributed by atoms with E-state index < -0.39 is 5.97 Å². The Labute approximate surface area is 134 Å². The minimum absolute atomic E-state index is 0.226. The average Bonchev–Trinajstić information content (AvgIpc) is 3.04. The van der Waals surface area contributed by atoms with E-state index in [9.17, 15) is 4.79 Å². The van der Waals surface area contributed by atoms with E-state index in [0.29, 0.717) is 18.3 Å². The van der Waals surface area contributed by atoms with E-state index in [0.717, 1.165) is 5.82 Å². The molecule has 1 aliphatic rings. The van der Waals surface area contributed by atoms with Crippen molar-refractivity contribution < 1.29 is 9.90 Å². The Hall–Kier alpha value is -2.28. The number of hydrogen-bond donors (Lipinski definition) is 1. The number of benzene rings is 1. The standard InChI is InChI=1S/C16H21N5O2/c1-20(13-7-3-2-4-8-13)11-15-17-18-19-21(15)14-9-5-6-12(10-14)16(22)23/h5-6,9-10,13H,2-4,7-8,11H2,1H3,(H,22,23). The summed E-state index contributed by atoms with van der Waals surface area (Å²) in [6, 6.07) is 7.23. The van der Waals surface area contributed by atoms with Crippen molar-refractivity contribution in [3.05, 3.63) is 35.7 Å². The van der Waals surface area contributed by atoms with E-state index in [1.54, 1.807) is 22.9 Å². The zero-order chi connectivity index (χ0) is 16.2. The first-order valence-electron chi connectivity index (χ1n) is 7.96. The fraction of sp³-hybridized carbons (Fsp3) is 0.500. The lowest BCUT2D eigenvalue weighted by atomic mass is 9.94. The molecule has 2 aromatic rings. The van der Waals surface area contributed by atoms with Crippen molar-refractivity contribution in [1.29, 1.82) is 0 Å². The summed E-state index contributed by atoms with van der Waals surface area (Å²) in [5.41, 5.74) is 0.895. The number of carbonyl (C=O) groups is 1. The predicted molar refractivity (Wildman–Crippen MR) is 84.5 cm³/mol. The Bertz CT molecular complexity index is 679. The molecular weight excluding hydrogens is 294 g/mol. The van der Waals surface area contributed by atoms with Crippen molar-refractivity contribution in [2.75, 3.05) is 7.05 Å². The van der Waals surface area contributed by atoms with Crippen LogP contribution in [0.2, 0.25) is 0 Å². The first-order valence-corrected chi connectivity index (χ1v) is 7.96. The summed E-state index contributed by atoms with van der Waals surface area (Å²) in [6.07, 6.45) is 6.31. The van der Waals surface area contributed by atoms with Crippen LogP contribution in [0.5, 0.6) is 0 Å². The van der Waals surface area contributed by atoms with Gasteiger partial charge in [-0.2, -0.15) is 4.68 Å². The number of nitrogens with zero attached hydrogens (tertiary/aromatic N) is 5. The lowest BCUT2D eigenvalue weighted by Crippen LogP contribution is -2.33. The SMILES string of the molecule is CN(Cc1nnnn1-c1cccc(C(=O)O)c1)C1CCCCC1. The summed E-state index contributed by atoms with van der Waals surface area (Å²) in [5.74, 6) is -0.235. The molecule has 122 valence electrons. The fourth-order valence-corrected chi connectivity index (χ4v) is 3.15. The topological polar surface area (TPSA) is 84.1 Å². The fourth-order valence-electron chi connectivity index (χ4n) is 3.15. The molecule has 0 unspecified atom stereocenters. The highest BCUT2D eigenvalue weighted by Crippen LogP contribution is 2.22. The second kappa shape index (κ2) is 6.87. The molecule has 1 heterocycles. The summed E-state index contributed by atoms with van der Waals surface area (Å²) in [6.45, 7) is 0.648. The zero-order valence-corrected chi connectivity index (χ0v) is 13.2.